The van der Waals surface area contributed by atoms with Crippen LogP contribution < -0.4 is 14.8 Å². The van der Waals surface area contributed by atoms with Gasteiger partial charge in [0.2, 0.25) is 0 Å². The van der Waals surface area contributed by atoms with E-state index >= 15 is 0 Å². The van der Waals surface area contributed by atoms with Crippen LogP contribution in [0.2, 0.25) is 0 Å². The summed E-state index contributed by atoms with van der Waals surface area (Å²) >= 11 is 0. The number of carbonyl (C=O) groups is 1. The third kappa shape index (κ3) is 12.6. The smallest absolute Gasteiger partial charge is 0.258 e. The van der Waals surface area contributed by atoms with Crippen molar-refractivity contribution in [3.8, 4) is 11.5 Å². The minimum absolute atomic E-state index is 0.0524. The van der Waals surface area contributed by atoms with Gasteiger partial charge in [-0.15, -0.1) is 0 Å². The lowest BCUT2D eigenvalue weighted by Crippen LogP contribution is -2.31. The van der Waals surface area contributed by atoms with Crippen LogP contribution in [-0.4, -0.2) is 94.7 Å². The zero-order chi connectivity index (χ0) is 38.1. The van der Waals surface area contributed by atoms with E-state index in [1.54, 1.807) is 0 Å². The maximum Gasteiger partial charge on any atom is 0.258 e. The number of rotatable bonds is 10. The quantitative estimate of drug-likeness (QED) is 0.193. The first-order valence-electron chi connectivity index (χ1n) is 19.7. The van der Waals surface area contributed by atoms with E-state index in [0.717, 1.165) is 60.7 Å². The average Bonchev–Trinajstić information content (AvgIpc) is 3.64. The van der Waals surface area contributed by atoms with Crippen molar-refractivity contribution < 1.29 is 33.2 Å². The monoisotopic (exact) mass is 751 g/mol. The Hall–Kier alpha value is -4.29. The molecule has 4 aromatic rings. The first-order chi connectivity index (χ1) is 27.0. The zero-order valence-corrected chi connectivity index (χ0v) is 32.5. The van der Waals surface area contributed by atoms with E-state index in [9.17, 15) is 4.79 Å². The summed E-state index contributed by atoms with van der Waals surface area (Å²) in [7, 11) is 0. The predicted octanol–water partition coefficient (Wildman–Crippen LogP) is 6.60. The van der Waals surface area contributed by atoms with Crippen molar-refractivity contribution >= 4 is 5.91 Å². The predicted molar refractivity (Wildman–Crippen MR) is 214 cm³/mol. The summed E-state index contributed by atoms with van der Waals surface area (Å²) < 4.78 is 36.0. The molecule has 0 aromatic heterocycles. The summed E-state index contributed by atoms with van der Waals surface area (Å²) in [5, 5.41) is 3.31. The van der Waals surface area contributed by atoms with Gasteiger partial charge >= 0.3 is 0 Å². The second-order valence-electron chi connectivity index (χ2n) is 14.3. The van der Waals surface area contributed by atoms with E-state index in [0.29, 0.717) is 90.5 Å². The molecule has 10 nitrogen and oxygen atoms in total. The Kier molecular flexibility index (Phi) is 15.9. The van der Waals surface area contributed by atoms with E-state index in [4.69, 9.17) is 28.4 Å². The van der Waals surface area contributed by atoms with Crippen LogP contribution in [0.25, 0.3) is 0 Å². The summed E-state index contributed by atoms with van der Waals surface area (Å²) in [6.07, 6.45) is 0. The largest absolute Gasteiger partial charge is 0.488 e. The Bertz CT molecular complexity index is 1740. The zero-order valence-electron chi connectivity index (χ0n) is 32.5. The molecule has 0 saturated carbocycles. The minimum Gasteiger partial charge on any atom is -0.488 e. The number of nitrogens with zero attached hydrogens (tertiary/aromatic N) is 2. The number of ether oxygens (including phenoxy) is 6. The molecule has 0 spiro atoms. The molecule has 2 aliphatic rings. The van der Waals surface area contributed by atoms with Crippen LogP contribution in [0.15, 0.2) is 91.0 Å². The Morgan fingerprint density at radius 2 is 1.20 bits per heavy atom. The summed E-state index contributed by atoms with van der Waals surface area (Å²) in [6, 6.07) is 30.6. The number of nitrogens with one attached hydrogen (secondary N) is 1. The number of carbonyl (C=O) groups excluding carboxylic acids is 1. The van der Waals surface area contributed by atoms with Crippen LogP contribution in [0.4, 0.5) is 0 Å². The summed E-state index contributed by atoms with van der Waals surface area (Å²) in [6.45, 7) is 14.8. The van der Waals surface area contributed by atoms with Crippen molar-refractivity contribution in [2.45, 2.75) is 52.6 Å². The molecule has 1 fully saturated rings. The molecule has 0 aliphatic carbocycles. The van der Waals surface area contributed by atoms with Gasteiger partial charge in [0, 0.05) is 51.9 Å². The SMILES string of the molecule is CC(C)c1cc(C(=O)N2Cc3ccc(CN4CCOCCOCCNCCOCCOCC4)cc3C2)c(OCc2ccccc2)cc1OCc1ccccc1. The Labute approximate surface area is 326 Å². The molecule has 4 aromatic carbocycles. The lowest BCUT2D eigenvalue weighted by molar-refractivity contribution is 0.0194. The maximum absolute atomic E-state index is 14.5. The Morgan fingerprint density at radius 1 is 0.636 bits per heavy atom. The van der Waals surface area contributed by atoms with Crippen molar-refractivity contribution in [1.29, 1.82) is 0 Å². The second kappa shape index (κ2) is 21.7. The lowest BCUT2D eigenvalue weighted by atomic mass is 9.98. The Balaban J connectivity index is 1.14. The highest BCUT2D eigenvalue weighted by atomic mass is 16.5. The molecule has 1 amide bonds. The molecule has 294 valence electrons. The third-order valence-electron chi connectivity index (χ3n) is 9.82. The van der Waals surface area contributed by atoms with Crippen molar-refractivity contribution in [2.75, 3.05) is 79.0 Å². The van der Waals surface area contributed by atoms with Crippen LogP contribution in [0.5, 0.6) is 11.5 Å². The standard InChI is InChI=1S/C45H57N3O7/c1-35(2)41-28-42(44(55-34-37-11-7-4-8-12-37)29-43(41)54-33-36-9-5-3-6-10-36)45(49)48-31-39-14-13-38(27-40(39)32-48)30-47-17-21-52-25-23-50-19-15-46-16-20-51-24-26-53-22-18-47/h3-14,27-29,35,46H,15-26,30-34H2,1-2H3. The first-order valence-corrected chi connectivity index (χ1v) is 19.7. The van der Waals surface area contributed by atoms with E-state index in [1.165, 1.54) is 11.1 Å². The van der Waals surface area contributed by atoms with Gasteiger partial charge in [0.05, 0.1) is 58.4 Å². The third-order valence-corrected chi connectivity index (χ3v) is 9.82. The molecular weight excluding hydrogens is 695 g/mol. The van der Waals surface area contributed by atoms with Gasteiger partial charge in [0.1, 0.15) is 24.7 Å². The van der Waals surface area contributed by atoms with Crippen LogP contribution >= 0.6 is 0 Å². The van der Waals surface area contributed by atoms with Gasteiger partial charge in [0.25, 0.3) is 5.91 Å². The van der Waals surface area contributed by atoms with Gasteiger partial charge in [-0.05, 0) is 45.4 Å². The average molecular weight is 752 g/mol. The van der Waals surface area contributed by atoms with Crippen LogP contribution in [0.1, 0.15) is 63.5 Å². The fourth-order valence-electron chi connectivity index (χ4n) is 6.74. The van der Waals surface area contributed by atoms with Crippen molar-refractivity contribution in [3.05, 3.63) is 130 Å². The highest BCUT2D eigenvalue weighted by Gasteiger charge is 2.29. The number of amides is 1. The van der Waals surface area contributed by atoms with Crippen molar-refractivity contribution in [3.63, 3.8) is 0 Å². The maximum atomic E-state index is 14.5. The van der Waals surface area contributed by atoms with Gasteiger partial charge in [-0.2, -0.15) is 0 Å². The highest BCUT2D eigenvalue weighted by molar-refractivity contribution is 5.98. The van der Waals surface area contributed by atoms with Gasteiger partial charge in [-0.3, -0.25) is 9.69 Å². The molecule has 2 heterocycles. The molecule has 6 rings (SSSR count). The molecule has 1 saturated heterocycles. The van der Waals surface area contributed by atoms with Crippen molar-refractivity contribution in [2.24, 2.45) is 0 Å². The van der Waals surface area contributed by atoms with Crippen LogP contribution in [0, 0.1) is 0 Å². The summed E-state index contributed by atoms with van der Waals surface area (Å²) in [5.74, 6) is 1.34. The molecule has 0 radical (unpaired) electrons. The molecule has 0 bridgehead atoms. The van der Waals surface area contributed by atoms with E-state index < -0.39 is 0 Å². The highest BCUT2D eigenvalue weighted by Crippen LogP contribution is 2.37. The van der Waals surface area contributed by atoms with Crippen LogP contribution in [0.3, 0.4) is 0 Å². The number of hydrogen-bond donors (Lipinski definition) is 1. The fourth-order valence-corrected chi connectivity index (χ4v) is 6.74. The summed E-state index contributed by atoms with van der Waals surface area (Å²) in [4.78, 5) is 18.8. The molecule has 55 heavy (non-hydrogen) atoms. The van der Waals surface area contributed by atoms with Crippen LogP contribution in [-0.2, 0) is 51.8 Å². The van der Waals surface area contributed by atoms with Gasteiger partial charge < -0.3 is 38.6 Å². The fraction of sp³-hybridized carbons (Fsp3) is 0.444. The number of hydrogen-bond acceptors (Lipinski definition) is 9. The van der Waals surface area contributed by atoms with Gasteiger partial charge in [0.15, 0.2) is 0 Å². The number of benzene rings is 4. The molecule has 2 aliphatic heterocycles. The normalized spacial score (nSPS) is 17.0. The lowest BCUT2D eigenvalue weighted by Gasteiger charge is -2.23. The molecular formula is C45H57N3O7. The van der Waals surface area contributed by atoms with Gasteiger partial charge in [-0.25, -0.2) is 0 Å². The topological polar surface area (TPSA) is 91.0 Å². The second-order valence-corrected chi connectivity index (χ2v) is 14.3. The molecule has 0 unspecified atom stereocenters. The molecule has 10 heteroatoms. The molecule has 1 N–H and O–H groups in total. The van der Waals surface area contributed by atoms with Gasteiger partial charge in [-0.1, -0.05) is 92.7 Å². The molecule has 0 atom stereocenters. The minimum atomic E-state index is -0.0524. The van der Waals surface area contributed by atoms with E-state index in [-0.39, 0.29) is 11.8 Å². The summed E-state index contributed by atoms with van der Waals surface area (Å²) in [5.41, 5.74) is 7.16. The number of fused-ring (bicyclic) bond motifs is 1. The Morgan fingerprint density at radius 3 is 1.80 bits per heavy atom. The van der Waals surface area contributed by atoms with E-state index in [1.807, 2.05) is 77.7 Å². The van der Waals surface area contributed by atoms with Crippen molar-refractivity contribution in [1.82, 2.24) is 15.1 Å². The van der Waals surface area contributed by atoms with E-state index in [2.05, 4.69) is 42.3 Å². The first kappa shape index (κ1) is 40.4.